The van der Waals surface area contributed by atoms with Gasteiger partial charge >= 0.3 is 0 Å². The van der Waals surface area contributed by atoms with Gasteiger partial charge in [-0.25, -0.2) is 9.97 Å². The first kappa shape index (κ1) is 12.3. The van der Waals surface area contributed by atoms with Gasteiger partial charge in [-0.3, -0.25) is 4.98 Å². The van der Waals surface area contributed by atoms with Crippen molar-refractivity contribution < 1.29 is 4.74 Å². The maximum absolute atomic E-state index is 5.12. The molecular formula is C13H16N4O. The molecule has 0 fully saturated rings. The summed E-state index contributed by atoms with van der Waals surface area (Å²) in [6.45, 7) is 4.52. The van der Waals surface area contributed by atoms with Gasteiger partial charge in [-0.15, -0.1) is 0 Å². The number of hydrogen-bond donors (Lipinski definition) is 1. The molecule has 94 valence electrons. The van der Waals surface area contributed by atoms with Gasteiger partial charge in [0.15, 0.2) is 0 Å². The molecule has 5 nitrogen and oxygen atoms in total. The maximum atomic E-state index is 5.12. The van der Waals surface area contributed by atoms with Crippen LogP contribution in [0.1, 0.15) is 17.0 Å². The zero-order valence-electron chi connectivity index (χ0n) is 10.8. The minimum atomic E-state index is 0.618. The highest BCUT2D eigenvalue weighted by Gasteiger charge is 2.01. The van der Waals surface area contributed by atoms with E-state index in [0.29, 0.717) is 12.5 Å². The Morgan fingerprint density at radius 1 is 1.11 bits per heavy atom. The Morgan fingerprint density at radius 3 is 2.50 bits per heavy atom. The lowest BCUT2D eigenvalue weighted by Gasteiger charge is -2.07. The van der Waals surface area contributed by atoms with Crippen LogP contribution in [-0.2, 0) is 6.54 Å². The van der Waals surface area contributed by atoms with Crippen LogP contribution in [-0.4, -0.2) is 22.1 Å². The quantitative estimate of drug-likeness (QED) is 0.892. The lowest BCUT2D eigenvalue weighted by atomic mass is 10.3. The first-order valence-electron chi connectivity index (χ1n) is 5.71. The molecule has 0 atom stereocenters. The number of methoxy groups -OCH3 is 1. The van der Waals surface area contributed by atoms with Crippen molar-refractivity contribution in [2.45, 2.75) is 20.4 Å². The van der Waals surface area contributed by atoms with E-state index in [1.54, 1.807) is 19.5 Å². The van der Waals surface area contributed by atoms with Crippen molar-refractivity contribution in [3.8, 4) is 5.75 Å². The highest BCUT2D eigenvalue weighted by molar-refractivity contribution is 5.31. The number of hydrogen-bond acceptors (Lipinski definition) is 5. The summed E-state index contributed by atoms with van der Waals surface area (Å²) in [6.07, 6.45) is 3.47. The molecule has 2 aromatic heterocycles. The number of nitrogens with one attached hydrogen (secondary N) is 1. The third-order valence-corrected chi connectivity index (χ3v) is 2.44. The van der Waals surface area contributed by atoms with Crippen LogP contribution >= 0.6 is 0 Å². The van der Waals surface area contributed by atoms with Crippen LogP contribution in [0.15, 0.2) is 24.5 Å². The van der Waals surface area contributed by atoms with Gasteiger partial charge < -0.3 is 10.1 Å². The van der Waals surface area contributed by atoms with Crippen molar-refractivity contribution >= 4 is 5.95 Å². The number of aryl methyl sites for hydroxylation is 2. The summed E-state index contributed by atoms with van der Waals surface area (Å²) in [5.41, 5.74) is 2.93. The van der Waals surface area contributed by atoms with E-state index in [1.807, 2.05) is 26.0 Å². The third-order valence-electron chi connectivity index (χ3n) is 2.44. The lowest BCUT2D eigenvalue weighted by Crippen LogP contribution is -2.05. The third kappa shape index (κ3) is 3.16. The molecule has 18 heavy (non-hydrogen) atoms. The number of ether oxygens (including phenoxy) is 1. The molecule has 0 aliphatic rings. The monoisotopic (exact) mass is 244 g/mol. The summed E-state index contributed by atoms with van der Waals surface area (Å²) in [6, 6.07) is 3.88. The predicted octanol–water partition coefficient (Wildman–Crippen LogP) is 2.11. The van der Waals surface area contributed by atoms with Crippen molar-refractivity contribution in [2.75, 3.05) is 12.4 Å². The molecule has 0 saturated carbocycles. The van der Waals surface area contributed by atoms with Crippen LogP contribution in [0.4, 0.5) is 5.95 Å². The van der Waals surface area contributed by atoms with Gasteiger partial charge in [0.05, 0.1) is 13.3 Å². The highest BCUT2D eigenvalue weighted by Crippen LogP contribution is 2.11. The summed E-state index contributed by atoms with van der Waals surface area (Å²) in [5, 5.41) is 3.18. The highest BCUT2D eigenvalue weighted by atomic mass is 16.5. The summed E-state index contributed by atoms with van der Waals surface area (Å²) in [4.78, 5) is 12.7. The summed E-state index contributed by atoms with van der Waals surface area (Å²) in [7, 11) is 1.63. The van der Waals surface area contributed by atoms with E-state index in [2.05, 4.69) is 20.3 Å². The van der Waals surface area contributed by atoms with Crippen molar-refractivity contribution in [3.63, 3.8) is 0 Å². The molecule has 2 rings (SSSR count). The second-order valence-corrected chi connectivity index (χ2v) is 4.06. The predicted molar refractivity (Wildman–Crippen MR) is 69.6 cm³/mol. The fourth-order valence-electron chi connectivity index (χ4n) is 1.66. The Hall–Kier alpha value is -2.17. The van der Waals surface area contributed by atoms with Gasteiger partial charge in [-0.2, -0.15) is 0 Å². The van der Waals surface area contributed by atoms with Gasteiger partial charge in [0, 0.05) is 24.1 Å². The molecule has 0 saturated heterocycles. The lowest BCUT2D eigenvalue weighted by molar-refractivity contribution is 0.412. The minimum absolute atomic E-state index is 0.618. The van der Waals surface area contributed by atoms with Gasteiger partial charge in [0.2, 0.25) is 5.95 Å². The molecule has 0 aliphatic heterocycles. The summed E-state index contributed by atoms with van der Waals surface area (Å²) >= 11 is 0. The number of nitrogens with zero attached hydrogens (tertiary/aromatic N) is 3. The Kier molecular flexibility index (Phi) is 3.72. The topological polar surface area (TPSA) is 59.9 Å². The maximum Gasteiger partial charge on any atom is 0.223 e. The standard InChI is InChI=1S/C13H16N4O/c1-9-4-10(2)17-13(16-9)15-7-11-5-12(18-3)8-14-6-11/h4-6,8H,7H2,1-3H3,(H,15,16,17). The molecule has 0 spiro atoms. The van der Waals surface area contributed by atoms with E-state index in [0.717, 1.165) is 22.7 Å². The van der Waals surface area contributed by atoms with E-state index in [4.69, 9.17) is 4.74 Å². The van der Waals surface area contributed by atoms with Crippen LogP contribution < -0.4 is 10.1 Å². The fraction of sp³-hybridized carbons (Fsp3) is 0.308. The van der Waals surface area contributed by atoms with Crippen molar-refractivity contribution in [1.29, 1.82) is 0 Å². The SMILES string of the molecule is COc1cncc(CNc2nc(C)cc(C)n2)c1. The Balaban J connectivity index is 2.06. The van der Waals surface area contributed by atoms with E-state index in [1.165, 1.54) is 0 Å². The van der Waals surface area contributed by atoms with Crippen molar-refractivity contribution in [1.82, 2.24) is 15.0 Å². The minimum Gasteiger partial charge on any atom is -0.495 e. The van der Waals surface area contributed by atoms with E-state index >= 15 is 0 Å². The number of rotatable bonds is 4. The summed E-state index contributed by atoms with van der Waals surface area (Å²) < 4.78 is 5.12. The average Bonchev–Trinajstić information content (AvgIpc) is 2.35. The second-order valence-electron chi connectivity index (χ2n) is 4.06. The van der Waals surface area contributed by atoms with Gasteiger partial charge in [-0.05, 0) is 31.5 Å². The van der Waals surface area contributed by atoms with Gasteiger partial charge in [0.1, 0.15) is 5.75 Å². The smallest absolute Gasteiger partial charge is 0.223 e. The average molecular weight is 244 g/mol. The van der Waals surface area contributed by atoms with Crippen LogP contribution in [0.25, 0.3) is 0 Å². The molecule has 2 aromatic rings. The Morgan fingerprint density at radius 2 is 1.83 bits per heavy atom. The molecular weight excluding hydrogens is 228 g/mol. The number of aromatic nitrogens is 3. The zero-order valence-corrected chi connectivity index (χ0v) is 10.8. The second kappa shape index (κ2) is 5.44. The molecule has 0 amide bonds. The van der Waals surface area contributed by atoms with Crippen LogP contribution in [0.3, 0.4) is 0 Å². The molecule has 0 unspecified atom stereocenters. The first-order valence-corrected chi connectivity index (χ1v) is 5.71. The first-order chi connectivity index (χ1) is 8.67. The molecule has 0 radical (unpaired) electrons. The van der Waals surface area contributed by atoms with Crippen molar-refractivity contribution in [3.05, 3.63) is 41.5 Å². The fourth-order valence-corrected chi connectivity index (χ4v) is 1.66. The Bertz CT molecular complexity index is 522. The number of pyridine rings is 1. The molecule has 0 aromatic carbocycles. The van der Waals surface area contributed by atoms with E-state index < -0.39 is 0 Å². The van der Waals surface area contributed by atoms with E-state index in [9.17, 15) is 0 Å². The molecule has 5 heteroatoms. The van der Waals surface area contributed by atoms with Crippen LogP contribution in [0.5, 0.6) is 5.75 Å². The van der Waals surface area contributed by atoms with E-state index in [-0.39, 0.29) is 0 Å². The van der Waals surface area contributed by atoms with Crippen LogP contribution in [0, 0.1) is 13.8 Å². The largest absolute Gasteiger partial charge is 0.495 e. The van der Waals surface area contributed by atoms with Gasteiger partial charge in [0.25, 0.3) is 0 Å². The zero-order chi connectivity index (χ0) is 13.0. The van der Waals surface area contributed by atoms with Crippen molar-refractivity contribution in [2.24, 2.45) is 0 Å². The Labute approximate surface area is 106 Å². The van der Waals surface area contributed by atoms with Gasteiger partial charge in [-0.1, -0.05) is 0 Å². The molecule has 0 aliphatic carbocycles. The normalized spacial score (nSPS) is 10.2. The van der Waals surface area contributed by atoms with Crippen LogP contribution in [0.2, 0.25) is 0 Å². The molecule has 2 heterocycles. The number of anilines is 1. The molecule has 0 bridgehead atoms. The summed E-state index contributed by atoms with van der Waals surface area (Å²) in [5.74, 6) is 1.38. The molecule has 1 N–H and O–H groups in total.